The maximum Gasteiger partial charge on any atom is 1.00 e. The second-order valence-corrected chi connectivity index (χ2v) is 6.02. The first-order valence-corrected chi connectivity index (χ1v) is 8.90. The van der Waals surface area contributed by atoms with Crippen LogP contribution < -0.4 is 98.7 Å². The molecule has 0 unspecified atom stereocenters. The fraction of sp³-hybridized carbons (Fsp3) is 0.250. The fourth-order valence-electron chi connectivity index (χ4n) is 1.08. The smallest absolute Gasteiger partial charge is 0.461 e. The van der Waals surface area contributed by atoms with E-state index >= 15 is 0 Å². The second-order valence-electron chi connectivity index (χ2n) is 3.64. The molecule has 0 saturated carbocycles. The average molecular weight is 524 g/mol. The molecule has 0 bridgehead atoms. The van der Waals surface area contributed by atoms with Gasteiger partial charge in [-0.1, -0.05) is 0 Å². The monoisotopic (exact) mass is 522 g/mol. The van der Waals surface area contributed by atoms with Gasteiger partial charge >= 0.3 is 103 Å². The summed E-state index contributed by atoms with van der Waals surface area (Å²) in [5.74, 6) is 0.227. The summed E-state index contributed by atoms with van der Waals surface area (Å²) in [6.45, 7) is 0.551. The molecular weight excluding hydrogens is 516 g/mol. The Bertz CT molecular complexity index is 677. The predicted octanol–water partition coefficient (Wildman–Crippen LogP) is -7.76. The standard InChI is InChI=1S/C8H5Cl4N7O.3Na.H3O4P/c9-3-14-4(10)17-7(16-3)13-1-2-20-8-18-5(11)15-6(12)19-8;;;;1-5(2,3)4/h1-2H2,(H,13,14,16,17);;;;(H3,1,2,3,4)/q;3*+1;. The zero-order valence-electron chi connectivity index (χ0n) is 14.7. The van der Waals surface area contributed by atoms with Gasteiger partial charge in [-0.15, -0.1) is 0 Å². The van der Waals surface area contributed by atoms with Crippen LogP contribution in [0.25, 0.3) is 0 Å². The van der Waals surface area contributed by atoms with Crippen LogP contribution in [0.15, 0.2) is 0 Å². The van der Waals surface area contributed by atoms with Crippen molar-refractivity contribution < 1.29 is 113 Å². The molecule has 28 heavy (non-hydrogen) atoms. The minimum absolute atomic E-state index is 0. The van der Waals surface area contributed by atoms with Gasteiger partial charge in [-0.25, -0.2) is 4.57 Å². The summed E-state index contributed by atoms with van der Waals surface area (Å²) < 4.78 is 14.1. The van der Waals surface area contributed by atoms with E-state index in [1.54, 1.807) is 0 Å². The normalized spacial score (nSPS) is 9.54. The molecular formula is C8H8Cl4N7Na3O5P+3. The molecule has 12 nitrogen and oxygen atoms in total. The number of nitrogens with zero attached hydrogens (tertiary/aromatic N) is 6. The zero-order valence-corrected chi connectivity index (χ0v) is 24.6. The van der Waals surface area contributed by atoms with Gasteiger partial charge in [0.2, 0.25) is 27.1 Å². The summed E-state index contributed by atoms with van der Waals surface area (Å²) in [5.41, 5.74) is 0. The van der Waals surface area contributed by atoms with Crippen molar-refractivity contribution in [1.29, 1.82) is 0 Å². The van der Waals surface area contributed by atoms with Crippen LogP contribution in [0.2, 0.25) is 21.1 Å². The number of nitrogens with one attached hydrogen (secondary N) is 1. The Labute approximate surface area is 245 Å². The maximum absolute atomic E-state index is 8.88. The van der Waals surface area contributed by atoms with Gasteiger partial charge in [0, 0.05) is 0 Å². The van der Waals surface area contributed by atoms with Crippen LogP contribution in [0, 0.1) is 0 Å². The summed E-state index contributed by atoms with van der Waals surface area (Å²) in [7, 11) is -4.64. The van der Waals surface area contributed by atoms with Crippen LogP contribution in [0.1, 0.15) is 0 Å². The van der Waals surface area contributed by atoms with E-state index in [1.807, 2.05) is 0 Å². The average Bonchev–Trinajstić information content (AvgIpc) is 2.39. The molecule has 20 heteroatoms. The van der Waals surface area contributed by atoms with Crippen molar-refractivity contribution >= 4 is 60.2 Å². The minimum atomic E-state index is -4.64. The summed E-state index contributed by atoms with van der Waals surface area (Å²) in [6, 6.07) is 0.0171. The number of aromatic nitrogens is 6. The molecule has 0 radical (unpaired) electrons. The van der Waals surface area contributed by atoms with E-state index in [0.29, 0.717) is 6.54 Å². The van der Waals surface area contributed by atoms with E-state index in [-0.39, 0.29) is 128 Å². The molecule has 2 heterocycles. The van der Waals surface area contributed by atoms with Crippen LogP contribution >= 0.6 is 54.2 Å². The molecule has 0 amide bonds. The van der Waals surface area contributed by atoms with E-state index in [0.717, 1.165) is 0 Å². The van der Waals surface area contributed by atoms with E-state index in [9.17, 15) is 0 Å². The van der Waals surface area contributed by atoms with E-state index in [4.69, 9.17) is 70.4 Å². The fourth-order valence-corrected chi connectivity index (χ4v) is 1.80. The topological polar surface area (TPSA) is 176 Å². The first-order chi connectivity index (χ1) is 11.5. The Hall–Kier alpha value is 1.89. The Kier molecular flexibility index (Phi) is 21.5. The Morgan fingerprint density at radius 1 is 0.786 bits per heavy atom. The van der Waals surface area contributed by atoms with Crippen LogP contribution in [0.3, 0.4) is 0 Å². The number of ether oxygens (including phenoxy) is 1. The molecule has 2 aromatic heterocycles. The third-order valence-corrected chi connectivity index (χ3v) is 2.43. The molecule has 0 aliphatic carbocycles. The summed E-state index contributed by atoms with van der Waals surface area (Å²) in [6.07, 6.45) is 0. The Morgan fingerprint density at radius 2 is 1.14 bits per heavy atom. The van der Waals surface area contributed by atoms with Crippen molar-refractivity contribution in [2.75, 3.05) is 18.5 Å². The number of hydrogen-bond donors (Lipinski definition) is 4. The third-order valence-electron chi connectivity index (χ3n) is 1.76. The molecule has 0 spiro atoms. The number of rotatable bonds is 5. The Balaban J connectivity index is -0.000000700. The van der Waals surface area contributed by atoms with Crippen molar-refractivity contribution in [3.8, 4) is 6.01 Å². The maximum atomic E-state index is 8.88. The predicted molar refractivity (Wildman–Crippen MR) is 87.9 cm³/mol. The van der Waals surface area contributed by atoms with Crippen molar-refractivity contribution in [2.45, 2.75) is 0 Å². The molecule has 0 aromatic carbocycles. The third kappa shape index (κ3) is 18.6. The Morgan fingerprint density at radius 3 is 1.54 bits per heavy atom. The molecule has 0 aliphatic rings. The van der Waals surface area contributed by atoms with Gasteiger partial charge in [0.15, 0.2) is 0 Å². The van der Waals surface area contributed by atoms with Crippen LogP contribution in [0.5, 0.6) is 6.01 Å². The van der Waals surface area contributed by atoms with Gasteiger partial charge in [-0.05, 0) is 46.4 Å². The van der Waals surface area contributed by atoms with E-state index < -0.39 is 7.82 Å². The van der Waals surface area contributed by atoms with Crippen LogP contribution in [-0.2, 0) is 4.57 Å². The summed E-state index contributed by atoms with van der Waals surface area (Å²) in [4.78, 5) is 43.9. The number of halogens is 4. The number of phosphoric acid groups is 1. The molecule has 0 fully saturated rings. The van der Waals surface area contributed by atoms with Gasteiger partial charge in [-0.2, -0.15) is 29.9 Å². The van der Waals surface area contributed by atoms with E-state index in [2.05, 4.69) is 35.2 Å². The van der Waals surface area contributed by atoms with Gasteiger partial charge in [0.05, 0.1) is 6.54 Å². The molecule has 0 aliphatic heterocycles. The summed E-state index contributed by atoms with van der Waals surface area (Å²) >= 11 is 22.4. The molecule has 2 aromatic rings. The van der Waals surface area contributed by atoms with E-state index in [1.165, 1.54) is 0 Å². The SMILES string of the molecule is Clc1nc(Cl)nc(NCCOc2nc(Cl)nc(Cl)n2)n1.O=P(O)(O)O.[Na+].[Na+].[Na+]. The van der Waals surface area contributed by atoms with Gasteiger partial charge in [-0.3, -0.25) is 0 Å². The molecule has 2 rings (SSSR count). The van der Waals surface area contributed by atoms with Gasteiger partial charge in [0.1, 0.15) is 6.61 Å². The number of hydrogen-bond acceptors (Lipinski definition) is 9. The van der Waals surface area contributed by atoms with Crippen molar-refractivity contribution in [1.82, 2.24) is 29.9 Å². The van der Waals surface area contributed by atoms with Crippen molar-refractivity contribution in [3.63, 3.8) is 0 Å². The first kappa shape index (κ1) is 34.5. The molecule has 0 saturated heterocycles. The zero-order chi connectivity index (χ0) is 19.0. The van der Waals surface area contributed by atoms with Crippen LogP contribution in [-0.4, -0.2) is 57.7 Å². The summed E-state index contributed by atoms with van der Waals surface area (Å²) in [5, 5.41) is 2.71. The first-order valence-electron chi connectivity index (χ1n) is 5.82. The molecule has 4 N–H and O–H groups in total. The second kappa shape index (κ2) is 17.4. The van der Waals surface area contributed by atoms with Crippen LogP contribution in [0.4, 0.5) is 5.95 Å². The quantitative estimate of drug-likeness (QED) is 0.166. The minimum Gasteiger partial charge on any atom is -0.461 e. The molecule has 0 atom stereocenters. The largest absolute Gasteiger partial charge is 1.00 e. The van der Waals surface area contributed by atoms with Gasteiger partial charge < -0.3 is 24.7 Å². The number of anilines is 1. The van der Waals surface area contributed by atoms with Gasteiger partial charge in [0.25, 0.3) is 0 Å². The molecule has 138 valence electrons. The van der Waals surface area contributed by atoms with Crippen molar-refractivity contribution in [2.24, 2.45) is 0 Å². The van der Waals surface area contributed by atoms with Crippen molar-refractivity contribution in [3.05, 3.63) is 21.1 Å².